The summed E-state index contributed by atoms with van der Waals surface area (Å²) >= 11 is 0. The van der Waals surface area contributed by atoms with Gasteiger partial charge in [-0.15, -0.1) is 0 Å². The molecule has 6 heteroatoms. The number of hydrogen-bond acceptors (Lipinski definition) is 4. The second-order valence-electron chi connectivity index (χ2n) is 5.88. The molecule has 6 nitrogen and oxygen atoms in total. The van der Waals surface area contributed by atoms with Crippen LogP contribution in [0.3, 0.4) is 0 Å². The van der Waals surface area contributed by atoms with Gasteiger partial charge in [0.05, 0.1) is 5.52 Å². The van der Waals surface area contributed by atoms with Gasteiger partial charge in [-0.2, -0.15) is 0 Å². The lowest BCUT2D eigenvalue weighted by molar-refractivity contribution is -0.116. The van der Waals surface area contributed by atoms with Crippen LogP contribution in [0, 0.1) is 13.8 Å². The van der Waals surface area contributed by atoms with Crippen LogP contribution < -0.4 is 16.4 Å². The summed E-state index contributed by atoms with van der Waals surface area (Å²) in [6, 6.07) is 10.6. The van der Waals surface area contributed by atoms with E-state index >= 15 is 0 Å². The number of aromatic nitrogens is 1. The van der Waals surface area contributed by atoms with Crippen LogP contribution in [0.25, 0.3) is 11.1 Å². The third-order valence-electron chi connectivity index (χ3n) is 3.97. The maximum atomic E-state index is 12.3. The molecule has 0 spiro atoms. The number of fused-ring (bicyclic) bond motifs is 1. The first-order valence-corrected chi connectivity index (χ1v) is 7.70. The number of oxazole rings is 1. The van der Waals surface area contributed by atoms with Gasteiger partial charge in [0.15, 0.2) is 5.58 Å². The molecule has 0 aliphatic carbocycles. The fraction of sp³-hybridized carbons (Fsp3) is 0.222. The van der Waals surface area contributed by atoms with Gasteiger partial charge in [0.2, 0.25) is 5.91 Å². The summed E-state index contributed by atoms with van der Waals surface area (Å²) in [5, 5.41) is 6.01. The molecule has 3 rings (SSSR count). The van der Waals surface area contributed by atoms with E-state index in [0.29, 0.717) is 11.1 Å². The highest BCUT2D eigenvalue weighted by Crippen LogP contribution is 2.18. The monoisotopic (exact) mass is 325 g/mol. The number of anilines is 2. The first kappa shape index (κ1) is 15.9. The Bertz CT molecular complexity index is 956. The van der Waals surface area contributed by atoms with E-state index in [2.05, 4.69) is 15.6 Å². The Morgan fingerprint density at radius 2 is 1.83 bits per heavy atom. The summed E-state index contributed by atoms with van der Waals surface area (Å²) < 4.78 is 4.96. The molecule has 0 aliphatic rings. The third-order valence-corrected chi connectivity index (χ3v) is 3.97. The van der Waals surface area contributed by atoms with E-state index < -0.39 is 11.8 Å². The molecule has 3 aromatic rings. The van der Waals surface area contributed by atoms with E-state index in [0.717, 1.165) is 16.9 Å². The lowest BCUT2D eigenvalue weighted by atomic mass is 10.1. The van der Waals surface area contributed by atoms with Gasteiger partial charge < -0.3 is 15.1 Å². The fourth-order valence-electron chi connectivity index (χ4n) is 2.43. The predicted molar refractivity (Wildman–Crippen MR) is 94.5 cm³/mol. The molecule has 124 valence electrons. The van der Waals surface area contributed by atoms with Gasteiger partial charge in [-0.3, -0.25) is 9.78 Å². The van der Waals surface area contributed by atoms with Crippen LogP contribution in [-0.4, -0.2) is 16.9 Å². The molecule has 0 bridgehead atoms. The quantitative estimate of drug-likeness (QED) is 0.687. The zero-order valence-corrected chi connectivity index (χ0v) is 13.8. The second kappa shape index (κ2) is 6.23. The summed E-state index contributed by atoms with van der Waals surface area (Å²) in [6.45, 7) is 5.81. The van der Waals surface area contributed by atoms with Gasteiger partial charge in [-0.1, -0.05) is 6.07 Å². The molecule has 1 atom stereocenters. The van der Waals surface area contributed by atoms with E-state index in [4.69, 9.17) is 4.42 Å². The summed E-state index contributed by atoms with van der Waals surface area (Å²) in [5.41, 5.74) is 4.88. The minimum atomic E-state index is -0.498. The van der Waals surface area contributed by atoms with Gasteiger partial charge in [0.25, 0.3) is 0 Å². The predicted octanol–water partition coefficient (Wildman–Crippen LogP) is 3.18. The van der Waals surface area contributed by atoms with E-state index in [1.54, 1.807) is 25.1 Å². The zero-order valence-electron chi connectivity index (χ0n) is 13.8. The number of carbonyl (C=O) groups is 1. The molecule has 3 N–H and O–H groups in total. The van der Waals surface area contributed by atoms with Gasteiger partial charge in [-0.05, 0) is 62.2 Å². The van der Waals surface area contributed by atoms with Crippen LogP contribution in [-0.2, 0) is 4.79 Å². The van der Waals surface area contributed by atoms with Gasteiger partial charge in [-0.25, -0.2) is 4.79 Å². The molecule has 0 saturated heterocycles. The molecular formula is C18H19N3O3. The van der Waals surface area contributed by atoms with Crippen molar-refractivity contribution in [3.05, 3.63) is 58.1 Å². The van der Waals surface area contributed by atoms with Gasteiger partial charge >= 0.3 is 5.76 Å². The van der Waals surface area contributed by atoms with Crippen molar-refractivity contribution in [2.75, 3.05) is 10.6 Å². The van der Waals surface area contributed by atoms with Crippen LogP contribution in [0.5, 0.6) is 0 Å². The standard InChI is InChI=1S/C18H19N3O3/c1-10-4-5-13(8-11(10)2)20-17(22)12(3)19-14-6-7-16-15(9-14)21-18(23)24-16/h4-9,12,19H,1-3H3,(H,20,22)(H,21,23)/t12-/m1/s1. The van der Waals surface area contributed by atoms with Gasteiger partial charge in [0.1, 0.15) is 6.04 Å². The van der Waals surface area contributed by atoms with Crippen molar-refractivity contribution in [2.24, 2.45) is 0 Å². The maximum absolute atomic E-state index is 12.3. The number of benzene rings is 2. The number of hydrogen-bond donors (Lipinski definition) is 3. The molecule has 0 saturated carbocycles. The Kier molecular flexibility index (Phi) is 4.12. The Morgan fingerprint density at radius 3 is 2.58 bits per heavy atom. The van der Waals surface area contributed by atoms with Crippen molar-refractivity contribution in [2.45, 2.75) is 26.8 Å². The molecule has 0 fully saturated rings. The average molecular weight is 325 g/mol. The first-order chi connectivity index (χ1) is 11.4. The van der Waals surface area contributed by atoms with Crippen molar-refractivity contribution in [1.82, 2.24) is 4.98 Å². The molecule has 0 unspecified atom stereocenters. The lowest BCUT2D eigenvalue weighted by Gasteiger charge is -2.16. The number of aromatic amines is 1. The number of amides is 1. The number of carbonyl (C=O) groups excluding carboxylic acids is 1. The van der Waals surface area contributed by atoms with E-state index in [-0.39, 0.29) is 5.91 Å². The van der Waals surface area contributed by atoms with Crippen molar-refractivity contribution in [1.29, 1.82) is 0 Å². The first-order valence-electron chi connectivity index (χ1n) is 7.70. The Balaban J connectivity index is 1.70. The van der Waals surface area contributed by atoms with E-state index in [9.17, 15) is 9.59 Å². The Hall–Kier alpha value is -3.02. The molecule has 24 heavy (non-hydrogen) atoms. The summed E-state index contributed by atoms with van der Waals surface area (Å²) in [4.78, 5) is 26.1. The van der Waals surface area contributed by atoms with Crippen LogP contribution >= 0.6 is 0 Å². The highest BCUT2D eigenvalue weighted by atomic mass is 16.4. The molecular weight excluding hydrogens is 306 g/mol. The fourth-order valence-corrected chi connectivity index (χ4v) is 2.43. The zero-order chi connectivity index (χ0) is 17.3. The summed E-state index contributed by atoms with van der Waals surface area (Å²) in [7, 11) is 0. The van der Waals surface area contributed by atoms with Crippen molar-refractivity contribution in [3.8, 4) is 0 Å². The van der Waals surface area contributed by atoms with E-state index in [1.165, 1.54) is 5.56 Å². The second-order valence-corrected chi connectivity index (χ2v) is 5.88. The topological polar surface area (TPSA) is 87.1 Å². The summed E-state index contributed by atoms with van der Waals surface area (Å²) in [6.07, 6.45) is 0. The van der Waals surface area contributed by atoms with E-state index in [1.807, 2.05) is 32.0 Å². The highest BCUT2D eigenvalue weighted by Gasteiger charge is 2.14. The minimum Gasteiger partial charge on any atom is -0.408 e. The largest absolute Gasteiger partial charge is 0.417 e. The summed E-state index contributed by atoms with van der Waals surface area (Å²) in [5.74, 6) is -0.637. The minimum absolute atomic E-state index is 0.140. The number of rotatable bonds is 4. The highest BCUT2D eigenvalue weighted by molar-refractivity contribution is 5.96. The maximum Gasteiger partial charge on any atom is 0.417 e. The van der Waals surface area contributed by atoms with Crippen LogP contribution in [0.15, 0.2) is 45.6 Å². The van der Waals surface area contributed by atoms with Gasteiger partial charge in [0, 0.05) is 11.4 Å². The molecule has 1 amide bonds. The third kappa shape index (κ3) is 3.32. The van der Waals surface area contributed by atoms with Crippen LogP contribution in [0.1, 0.15) is 18.1 Å². The molecule has 1 heterocycles. The Morgan fingerprint density at radius 1 is 1.08 bits per heavy atom. The normalized spacial score (nSPS) is 12.1. The van der Waals surface area contributed by atoms with Crippen molar-refractivity contribution in [3.63, 3.8) is 0 Å². The number of nitrogens with one attached hydrogen (secondary N) is 3. The molecule has 0 radical (unpaired) electrons. The molecule has 0 aliphatic heterocycles. The van der Waals surface area contributed by atoms with Crippen LogP contribution in [0.4, 0.5) is 11.4 Å². The molecule has 1 aromatic heterocycles. The number of aryl methyl sites for hydroxylation is 2. The lowest BCUT2D eigenvalue weighted by Crippen LogP contribution is -2.31. The SMILES string of the molecule is Cc1ccc(NC(=O)[C@@H](C)Nc2ccc3oc(=O)[nH]c3c2)cc1C. The average Bonchev–Trinajstić information content (AvgIpc) is 2.90. The van der Waals surface area contributed by atoms with Crippen LogP contribution in [0.2, 0.25) is 0 Å². The van der Waals surface area contributed by atoms with Crippen molar-refractivity contribution < 1.29 is 9.21 Å². The molecule has 2 aromatic carbocycles. The number of H-pyrrole nitrogens is 1. The Labute approximate surface area is 138 Å². The smallest absolute Gasteiger partial charge is 0.408 e. The van der Waals surface area contributed by atoms with Crippen molar-refractivity contribution >= 4 is 28.4 Å².